The Labute approximate surface area is 196 Å². The maximum absolute atomic E-state index is 13.6. The highest BCUT2D eigenvalue weighted by Crippen LogP contribution is 2.51. The Bertz CT molecular complexity index is 1150. The number of imide groups is 1. The summed E-state index contributed by atoms with van der Waals surface area (Å²) in [6.07, 6.45) is -0.0182. The van der Waals surface area contributed by atoms with Gasteiger partial charge >= 0.3 is 11.9 Å². The van der Waals surface area contributed by atoms with E-state index in [1.165, 1.54) is 0 Å². The first-order valence-electron chi connectivity index (χ1n) is 11.1. The normalized spacial score (nSPS) is 25.9. The Kier molecular flexibility index (Phi) is 6.14. The molecule has 2 fully saturated rings. The number of aryl methyl sites for hydroxylation is 1. The van der Waals surface area contributed by atoms with Crippen molar-refractivity contribution in [2.24, 2.45) is 11.8 Å². The molecule has 3 N–H and O–H groups in total. The van der Waals surface area contributed by atoms with E-state index >= 15 is 0 Å². The number of rotatable bonds is 8. The summed E-state index contributed by atoms with van der Waals surface area (Å²) >= 11 is 0. The molecule has 34 heavy (non-hydrogen) atoms. The molecule has 2 aromatic rings. The number of hydrogen-bond acceptors (Lipinski definition) is 6. The molecule has 4 rings (SSSR count). The molecular weight excluding hydrogens is 440 g/mol. The fourth-order valence-corrected chi connectivity index (χ4v) is 5.01. The Morgan fingerprint density at radius 3 is 2.32 bits per heavy atom. The van der Waals surface area contributed by atoms with Crippen LogP contribution in [0.15, 0.2) is 48.5 Å². The van der Waals surface area contributed by atoms with E-state index in [9.17, 15) is 29.4 Å². The third kappa shape index (κ3) is 3.71. The van der Waals surface area contributed by atoms with Crippen LogP contribution in [-0.2, 0) is 19.2 Å². The smallest absolute Gasteiger partial charge is 0.325 e. The van der Waals surface area contributed by atoms with Gasteiger partial charge in [0.2, 0.25) is 11.8 Å². The summed E-state index contributed by atoms with van der Waals surface area (Å²) in [4.78, 5) is 52.4. The van der Waals surface area contributed by atoms with Gasteiger partial charge in [-0.15, -0.1) is 0 Å². The number of ether oxygens (including phenoxy) is 1. The van der Waals surface area contributed by atoms with Crippen LogP contribution in [-0.4, -0.2) is 46.1 Å². The molecule has 9 nitrogen and oxygen atoms in total. The Morgan fingerprint density at radius 2 is 1.74 bits per heavy atom. The molecule has 0 radical (unpaired) electrons. The van der Waals surface area contributed by atoms with E-state index in [1.54, 1.807) is 55.5 Å². The number of hydrogen-bond donors (Lipinski definition) is 3. The monoisotopic (exact) mass is 466 g/mol. The highest BCUT2D eigenvalue weighted by atomic mass is 16.5. The predicted octanol–water partition coefficient (Wildman–Crippen LogP) is 2.53. The molecule has 0 aliphatic carbocycles. The van der Waals surface area contributed by atoms with Gasteiger partial charge < -0.3 is 14.9 Å². The molecule has 0 aromatic heterocycles. The lowest BCUT2D eigenvalue weighted by Gasteiger charge is -2.30. The zero-order valence-electron chi connectivity index (χ0n) is 18.9. The molecule has 2 aliphatic rings. The molecule has 0 saturated carbocycles. The summed E-state index contributed by atoms with van der Waals surface area (Å²) in [7, 11) is 0. The number of carboxylic acids is 2. The second-order valence-electron chi connectivity index (χ2n) is 8.69. The maximum atomic E-state index is 13.6. The van der Waals surface area contributed by atoms with Crippen LogP contribution in [0.2, 0.25) is 0 Å². The molecule has 9 heteroatoms. The third-order valence-corrected chi connectivity index (χ3v) is 6.53. The van der Waals surface area contributed by atoms with Gasteiger partial charge in [0.15, 0.2) is 0 Å². The van der Waals surface area contributed by atoms with Crippen molar-refractivity contribution in [1.82, 2.24) is 5.32 Å². The minimum Gasteiger partial charge on any atom is -0.494 e. The van der Waals surface area contributed by atoms with Gasteiger partial charge in [0.25, 0.3) is 0 Å². The average molecular weight is 466 g/mol. The van der Waals surface area contributed by atoms with E-state index in [0.717, 1.165) is 11.3 Å². The van der Waals surface area contributed by atoms with Gasteiger partial charge in [0, 0.05) is 6.04 Å². The lowest BCUT2D eigenvalue weighted by molar-refractivity contribution is -0.154. The standard InChI is InChI=1S/C25H26N2O7/c1-3-12-34-16-10-8-15(9-11-16)21-19-20(25(26-21,24(32)33)13-18(28)29)23(31)27(22(19)30)17-7-5-4-6-14(17)2/h4-11,19-21,26H,3,12-13H2,1-2H3,(H,28,29)(H,32,33). The number of amides is 2. The molecule has 2 aliphatic heterocycles. The molecular formula is C25H26N2O7. The van der Waals surface area contributed by atoms with E-state index < -0.39 is 53.6 Å². The van der Waals surface area contributed by atoms with Crippen LogP contribution in [0.4, 0.5) is 5.69 Å². The van der Waals surface area contributed by atoms with Crippen LogP contribution >= 0.6 is 0 Å². The number of benzene rings is 2. The number of nitrogens with one attached hydrogen (secondary N) is 1. The van der Waals surface area contributed by atoms with Crippen LogP contribution < -0.4 is 15.0 Å². The van der Waals surface area contributed by atoms with Crippen molar-refractivity contribution in [1.29, 1.82) is 0 Å². The number of aliphatic carboxylic acids is 2. The quantitative estimate of drug-likeness (QED) is 0.506. The van der Waals surface area contributed by atoms with Gasteiger partial charge in [-0.1, -0.05) is 37.3 Å². The number of carboxylic acid groups (broad SMARTS) is 2. The summed E-state index contributed by atoms with van der Waals surface area (Å²) in [5.74, 6) is -5.98. The van der Waals surface area contributed by atoms with Crippen molar-refractivity contribution in [2.75, 3.05) is 11.5 Å². The van der Waals surface area contributed by atoms with Crippen LogP contribution in [0.25, 0.3) is 0 Å². The van der Waals surface area contributed by atoms with Gasteiger partial charge in [-0.2, -0.15) is 0 Å². The van der Waals surface area contributed by atoms with Crippen molar-refractivity contribution >= 4 is 29.4 Å². The van der Waals surface area contributed by atoms with Gasteiger partial charge in [0.05, 0.1) is 30.6 Å². The summed E-state index contributed by atoms with van der Waals surface area (Å²) in [6, 6.07) is 12.8. The zero-order chi connectivity index (χ0) is 24.6. The Balaban J connectivity index is 1.81. The fraction of sp³-hybridized carbons (Fsp3) is 0.360. The predicted molar refractivity (Wildman–Crippen MR) is 121 cm³/mol. The van der Waals surface area contributed by atoms with E-state index in [0.29, 0.717) is 29.2 Å². The number of anilines is 1. The van der Waals surface area contributed by atoms with Crippen LogP contribution in [0.3, 0.4) is 0 Å². The zero-order valence-corrected chi connectivity index (χ0v) is 18.9. The molecule has 0 spiro atoms. The SMILES string of the molecule is CCCOc1ccc(C2NC(CC(=O)O)(C(=O)O)C3C(=O)N(c4ccccc4C)C(=O)C23)cc1. The molecule has 2 aromatic carbocycles. The molecule has 2 saturated heterocycles. The molecule has 4 atom stereocenters. The maximum Gasteiger partial charge on any atom is 0.325 e. The van der Waals surface area contributed by atoms with Crippen molar-refractivity contribution < 1.29 is 34.1 Å². The first kappa shape index (κ1) is 23.4. The number of fused-ring (bicyclic) bond motifs is 1. The summed E-state index contributed by atoms with van der Waals surface area (Å²) < 4.78 is 5.60. The van der Waals surface area contributed by atoms with Gasteiger partial charge in [-0.25, -0.2) is 4.90 Å². The second kappa shape index (κ2) is 8.90. The second-order valence-corrected chi connectivity index (χ2v) is 8.69. The molecule has 2 amide bonds. The number of carbonyl (C=O) groups excluding carboxylic acids is 2. The Hall–Kier alpha value is -3.72. The number of nitrogens with zero attached hydrogens (tertiary/aromatic N) is 1. The number of para-hydroxylation sites is 1. The van der Waals surface area contributed by atoms with E-state index in [1.807, 2.05) is 6.92 Å². The summed E-state index contributed by atoms with van der Waals surface area (Å²) in [6.45, 7) is 4.26. The van der Waals surface area contributed by atoms with Gasteiger partial charge in [0.1, 0.15) is 11.3 Å². The third-order valence-electron chi connectivity index (χ3n) is 6.53. The molecule has 2 heterocycles. The Morgan fingerprint density at radius 1 is 1.06 bits per heavy atom. The number of carbonyl (C=O) groups is 4. The van der Waals surface area contributed by atoms with Crippen molar-refractivity contribution in [3.8, 4) is 5.75 Å². The molecule has 4 unspecified atom stereocenters. The van der Waals surface area contributed by atoms with Crippen molar-refractivity contribution in [2.45, 2.75) is 38.3 Å². The highest BCUT2D eigenvalue weighted by molar-refractivity contribution is 6.24. The first-order valence-corrected chi connectivity index (χ1v) is 11.1. The van der Waals surface area contributed by atoms with Crippen molar-refractivity contribution in [3.63, 3.8) is 0 Å². The minimum atomic E-state index is -2.14. The molecule has 178 valence electrons. The fourth-order valence-electron chi connectivity index (χ4n) is 5.01. The van der Waals surface area contributed by atoms with E-state index in [-0.39, 0.29) is 0 Å². The molecule has 0 bridgehead atoms. The minimum absolute atomic E-state index is 0.364. The highest BCUT2D eigenvalue weighted by Gasteiger charge is 2.69. The lowest BCUT2D eigenvalue weighted by atomic mass is 9.77. The van der Waals surface area contributed by atoms with E-state index in [4.69, 9.17) is 4.74 Å². The average Bonchev–Trinajstić information content (AvgIpc) is 3.27. The summed E-state index contributed by atoms with van der Waals surface area (Å²) in [5.41, 5.74) is -0.531. The largest absolute Gasteiger partial charge is 0.494 e. The van der Waals surface area contributed by atoms with Crippen molar-refractivity contribution in [3.05, 3.63) is 59.7 Å². The topological polar surface area (TPSA) is 133 Å². The van der Waals surface area contributed by atoms with Gasteiger partial charge in [-0.3, -0.25) is 24.5 Å². The van der Waals surface area contributed by atoms with Crippen LogP contribution in [0.1, 0.15) is 36.9 Å². The summed E-state index contributed by atoms with van der Waals surface area (Å²) in [5, 5.41) is 22.6. The van der Waals surface area contributed by atoms with Crippen LogP contribution in [0.5, 0.6) is 5.75 Å². The lowest BCUT2D eigenvalue weighted by Crippen LogP contribution is -2.57. The van der Waals surface area contributed by atoms with Crippen LogP contribution in [0, 0.1) is 18.8 Å². The van der Waals surface area contributed by atoms with Gasteiger partial charge in [-0.05, 0) is 42.7 Å². The first-order chi connectivity index (χ1) is 16.2. The van der Waals surface area contributed by atoms with E-state index in [2.05, 4.69) is 5.32 Å².